The van der Waals surface area contributed by atoms with Crippen LogP contribution < -0.4 is 4.74 Å². The number of amides is 1. The molecular formula is C25H28FNO4. The molecule has 0 unspecified atom stereocenters. The molecule has 2 heterocycles. The third-order valence-electron chi connectivity index (χ3n) is 6.33. The predicted molar refractivity (Wildman–Crippen MR) is 114 cm³/mol. The van der Waals surface area contributed by atoms with Crippen molar-refractivity contribution in [1.29, 1.82) is 0 Å². The predicted octanol–water partition coefficient (Wildman–Crippen LogP) is 4.10. The summed E-state index contributed by atoms with van der Waals surface area (Å²) in [6, 6.07) is 14.1. The summed E-state index contributed by atoms with van der Waals surface area (Å²) >= 11 is 0. The first-order valence-corrected chi connectivity index (χ1v) is 11.0. The minimum absolute atomic E-state index is 0.0263. The van der Waals surface area contributed by atoms with E-state index in [9.17, 15) is 14.0 Å². The van der Waals surface area contributed by atoms with Crippen LogP contribution in [-0.4, -0.2) is 42.6 Å². The number of hydrogen-bond donors (Lipinski definition) is 0. The number of ether oxygens (including phenoxy) is 2. The summed E-state index contributed by atoms with van der Waals surface area (Å²) in [5.41, 5.74) is 2.01. The smallest absolute Gasteiger partial charge is 0.306 e. The first-order chi connectivity index (χ1) is 15.0. The molecule has 0 N–H and O–H groups in total. The molecule has 0 bridgehead atoms. The first kappa shape index (κ1) is 21.3. The van der Waals surface area contributed by atoms with Crippen LogP contribution in [0.1, 0.15) is 43.2 Å². The molecule has 31 heavy (non-hydrogen) atoms. The third kappa shape index (κ3) is 4.89. The Morgan fingerprint density at radius 2 is 1.84 bits per heavy atom. The standard InChI is InChI=1S/C25H28FNO4/c1-2-30-24(28)16-21(17-7-9-20(26)10-8-17)18-11-13-27(14-12-18)25(29)23-15-19-5-3-4-6-22(19)31-23/h3-10,18,21,23H,2,11-16H2,1H3/t21-,23-/m1/s1. The average molecular weight is 426 g/mol. The molecule has 1 fully saturated rings. The quantitative estimate of drug-likeness (QED) is 0.654. The number of benzene rings is 2. The van der Waals surface area contributed by atoms with Crippen molar-refractivity contribution in [2.75, 3.05) is 19.7 Å². The van der Waals surface area contributed by atoms with Crippen LogP contribution in [0.2, 0.25) is 0 Å². The van der Waals surface area contributed by atoms with Crippen molar-refractivity contribution in [2.24, 2.45) is 5.92 Å². The Hall–Kier alpha value is -2.89. The maximum Gasteiger partial charge on any atom is 0.306 e. The highest BCUT2D eigenvalue weighted by molar-refractivity contribution is 5.82. The van der Waals surface area contributed by atoms with Gasteiger partial charge in [0.2, 0.25) is 0 Å². The van der Waals surface area contributed by atoms with Crippen molar-refractivity contribution in [2.45, 2.75) is 44.6 Å². The number of esters is 1. The lowest BCUT2D eigenvalue weighted by Crippen LogP contribution is -2.46. The zero-order chi connectivity index (χ0) is 21.8. The normalized spacial score (nSPS) is 19.4. The molecule has 0 radical (unpaired) electrons. The number of para-hydroxylation sites is 1. The van der Waals surface area contributed by atoms with Gasteiger partial charge in [0.1, 0.15) is 11.6 Å². The molecule has 0 saturated carbocycles. The number of fused-ring (bicyclic) bond motifs is 1. The van der Waals surface area contributed by atoms with Crippen LogP contribution in [0.5, 0.6) is 5.75 Å². The molecule has 164 valence electrons. The van der Waals surface area contributed by atoms with Crippen molar-refractivity contribution in [1.82, 2.24) is 4.90 Å². The maximum absolute atomic E-state index is 13.4. The highest BCUT2D eigenvalue weighted by Crippen LogP contribution is 2.36. The molecule has 1 amide bonds. The molecule has 2 aromatic carbocycles. The van der Waals surface area contributed by atoms with Crippen molar-refractivity contribution in [3.05, 3.63) is 65.5 Å². The molecule has 0 aromatic heterocycles. The van der Waals surface area contributed by atoms with E-state index in [4.69, 9.17) is 9.47 Å². The third-order valence-corrected chi connectivity index (χ3v) is 6.33. The lowest BCUT2D eigenvalue weighted by Gasteiger charge is -2.37. The molecule has 2 aliphatic rings. The summed E-state index contributed by atoms with van der Waals surface area (Å²) in [5, 5.41) is 0. The molecule has 2 atom stereocenters. The van der Waals surface area contributed by atoms with Crippen LogP contribution in [0.15, 0.2) is 48.5 Å². The van der Waals surface area contributed by atoms with Gasteiger partial charge < -0.3 is 14.4 Å². The second kappa shape index (κ2) is 9.50. The highest BCUT2D eigenvalue weighted by atomic mass is 19.1. The lowest BCUT2D eigenvalue weighted by atomic mass is 9.78. The maximum atomic E-state index is 13.4. The van der Waals surface area contributed by atoms with E-state index in [1.54, 1.807) is 19.1 Å². The van der Waals surface area contributed by atoms with Gasteiger partial charge in [-0.05, 0) is 60.9 Å². The summed E-state index contributed by atoms with van der Waals surface area (Å²) < 4.78 is 24.5. The topological polar surface area (TPSA) is 55.8 Å². The van der Waals surface area contributed by atoms with Gasteiger partial charge >= 0.3 is 5.97 Å². The van der Waals surface area contributed by atoms with E-state index < -0.39 is 6.10 Å². The molecular weight excluding hydrogens is 397 g/mol. The second-order valence-corrected chi connectivity index (χ2v) is 8.25. The van der Waals surface area contributed by atoms with Gasteiger partial charge in [0.15, 0.2) is 6.10 Å². The molecule has 0 spiro atoms. The van der Waals surface area contributed by atoms with E-state index in [1.807, 2.05) is 29.2 Å². The first-order valence-electron chi connectivity index (χ1n) is 11.0. The Labute approximate surface area is 182 Å². The fraction of sp³-hybridized carbons (Fsp3) is 0.440. The number of hydrogen-bond acceptors (Lipinski definition) is 4. The van der Waals surface area contributed by atoms with E-state index in [0.717, 1.165) is 29.7 Å². The molecule has 1 saturated heterocycles. The second-order valence-electron chi connectivity index (χ2n) is 8.25. The van der Waals surface area contributed by atoms with Gasteiger partial charge in [0.05, 0.1) is 13.0 Å². The summed E-state index contributed by atoms with van der Waals surface area (Å²) in [6.45, 7) is 3.38. The van der Waals surface area contributed by atoms with Crippen LogP contribution in [0.25, 0.3) is 0 Å². The van der Waals surface area contributed by atoms with E-state index in [-0.39, 0.29) is 36.0 Å². The van der Waals surface area contributed by atoms with Crippen LogP contribution in [0.3, 0.4) is 0 Å². The van der Waals surface area contributed by atoms with Crippen LogP contribution in [-0.2, 0) is 20.7 Å². The molecule has 4 rings (SSSR count). The molecule has 6 heteroatoms. The van der Waals surface area contributed by atoms with Crippen LogP contribution in [0, 0.1) is 11.7 Å². The minimum atomic E-state index is -0.457. The van der Waals surface area contributed by atoms with Gasteiger partial charge in [0.25, 0.3) is 5.91 Å². The Balaban J connectivity index is 1.39. The SMILES string of the molecule is CCOC(=O)C[C@H](c1ccc(F)cc1)C1CCN(C(=O)[C@H]2Cc3ccccc3O2)CC1. The van der Waals surface area contributed by atoms with Crippen LogP contribution in [0.4, 0.5) is 4.39 Å². The Bertz CT molecular complexity index is 896. The molecule has 2 aromatic rings. The van der Waals surface area contributed by atoms with Crippen molar-refractivity contribution in [3.63, 3.8) is 0 Å². The summed E-state index contributed by atoms with van der Waals surface area (Å²) in [6.07, 6.45) is 1.98. The fourth-order valence-electron chi connectivity index (χ4n) is 4.71. The summed E-state index contributed by atoms with van der Waals surface area (Å²) in [4.78, 5) is 27.1. The lowest BCUT2D eigenvalue weighted by molar-refractivity contribution is -0.144. The Morgan fingerprint density at radius 1 is 1.13 bits per heavy atom. The van der Waals surface area contributed by atoms with Gasteiger partial charge in [0, 0.05) is 19.5 Å². The Morgan fingerprint density at radius 3 is 2.52 bits per heavy atom. The van der Waals surface area contributed by atoms with Gasteiger partial charge in [-0.3, -0.25) is 9.59 Å². The van der Waals surface area contributed by atoms with Crippen molar-refractivity contribution < 1.29 is 23.5 Å². The van der Waals surface area contributed by atoms with E-state index in [0.29, 0.717) is 26.1 Å². The monoisotopic (exact) mass is 425 g/mol. The number of carbonyl (C=O) groups is 2. The number of likely N-dealkylation sites (tertiary alicyclic amines) is 1. The molecule has 5 nitrogen and oxygen atoms in total. The van der Waals surface area contributed by atoms with Crippen molar-refractivity contribution in [3.8, 4) is 5.75 Å². The molecule has 2 aliphatic heterocycles. The van der Waals surface area contributed by atoms with E-state index >= 15 is 0 Å². The zero-order valence-electron chi connectivity index (χ0n) is 17.8. The van der Waals surface area contributed by atoms with Crippen molar-refractivity contribution >= 4 is 11.9 Å². The number of piperidine rings is 1. The summed E-state index contributed by atoms with van der Waals surface area (Å²) in [5.74, 6) is 0.452. The van der Waals surface area contributed by atoms with Crippen LogP contribution >= 0.6 is 0 Å². The molecule has 0 aliphatic carbocycles. The van der Waals surface area contributed by atoms with E-state index in [2.05, 4.69) is 0 Å². The van der Waals surface area contributed by atoms with Gasteiger partial charge in [-0.1, -0.05) is 30.3 Å². The highest BCUT2D eigenvalue weighted by Gasteiger charge is 2.36. The fourth-order valence-corrected chi connectivity index (χ4v) is 4.71. The number of halogens is 1. The van der Waals surface area contributed by atoms with Gasteiger partial charge in [-0.2, -0.15) is 0 Å². The average Bonchev–Trinajstić information content (AvgIpc) is 3.22. The number of nitrogens with zero attached hydrogens (tertiary/aromatic N) is 1. The summed E-state index contributed by atoms with van der Waals surface area (Å²) in [7, 11) is 0. The Kier molecular flexibility index (Phi) is 6.54. The van der Waals surface area contributed by atoms with Gasteiger partial charge in [-0.15, -0.1) is 0 Å². The number of carbonyl (C=O) groups excluding carboxylic acids is 2. The number of rotatable bonds is 6. The van der Waals surface area contributed by atoms with Gasteiger partial charge in [-0.25, -0.2) is 4.39 Å². The zero-order valence-corrected chi connectivity index (χ0v) is 17.8. The minimum Gasteiger partial charge on any atom is -0.480 e. The van der Waals surface area contributed by atoms with E-state index in [1.165, 1.54) is 12.1 Å². The largest absolute Gasteiger partial charge is 0.480 e.